The van der Waals surface area contributed by atoms with Crippen LogP contribution in [0.15, 0.2) is 4.99 Å². The number of rotatable bonds is 2. The summed E-state index contributed by atoms with van der Waals surface area (Å²) in [6.45, 7) is 5.44. The Bertz CT molecular complexity index is 194. The summed E-state index contributed by atoms with van der Waals surface area (Å²) in [5, 5.41) is 11.6. The topological polar surface area (TPSA) is 47.9 Å². The smallest absolute Gasteiger partial charge is 0.0671 e. The molecule has 0 N–H and O–H groups in total. The van der Waals surface area contributed by atoms with E-state index in [1.165, 1.54) is 0 Å². The largest absolute Gasteiger partial charge is 0.846 e. The molecule has 0 amide bonds. The van der Waals surface area contributed by atoms with Gasteiger partial charge in [0.05, 0.1) is 31.3 Å². The van der Waals surface area contributed by atoms with Gasteiger partial charge in [0.15, 0.2) is 0 Å². The van der Waals surface area contributed by atoms with Crippen LogP contribution in [0.1, 0.15) is 26.7 Å². The van der Waals surface area contributed by atoms with Crippen molar-refractivity contribution in [2.75, 3.05) is 20.3 Å². The zero-order valence-corrected chi connectivity index (χ0v) is 9.19. The zero-order chi connectivity index (χ0) is 10.6. The van der Waals surface area contributed by atoms with Crippen LogP contribution < -0.4 is 5.11 Å². The average Bonchev–Trinajstić information content (AvgIpc) is 2.26. The molecule has 0 aromatic heterocycles. The summed E-state index contributed by atoms with van der Waals surface area (Å²) in [4.78, 5) is 5.62. The van der Waals surface area contributed by atoms with Crippen molar-refractivity contribution in [2.24, 2.45) is 4.99 Å². The van der Waals surface area contributed by atoms with Crippen molar-refractivity contribution in [1.82, 2.24) is 4.90 Å². The molecular weight excluding hydrogens is 180 g/mol. The van der Waals surface area contributed by atoms with Crippen LogP contribution in [-0.4, -0.2) is 43.3 Å². The van der Waals surface area contributed by atoms with E-state index in [-0.39, 0.29) is 18.1 Å². The lowest BCUT2D eigenvalue weighted by Crippen LogP contribution is -2.58. The highest BCUT2D eigenvalue weighted by Crippen LogP contribution is 2.17. The number of nitrogens with zero attached hydrogens (tertiary/aromatic N) is 2. The zero-order valence-electron chi connectivity index (χ0n) is 9.19. The quantitative estimate of drug-likeness (QED) is 0.472. The second-order valence-corrected chi connectivity index (χ2v) is 3.58. The Morgan fingerprint density at radius 3 is 2.21 bits per heavy atom. The van der Waals surface area contributed by atoms with Crippen LogP contribution in [0.25, 0.3) is 0 Å². The highest BCUT2D eigenvalue weighted by molar-refractivity contribution is 5.69. The molecule has 1 fully saturated rings. The van der Waals surface area contributed by atoms with Crippen molar-refractivity contribution in [3.63, 3.8) is 0 Å². The number of morpholine rings is 1. The molecule has 0 aliphatic carbocycles. The average molecular weight is 199 g/mol. The van der Waals surface area contributed by atoms with E-state index < -0.39 is 0 Å². The summed E-state index contributed by atoms with van der Waals surface area (Å²) < 4.78 is 5.47. The minimum Gasteiger partial charge on any atom is -0.846 e. The van der Waals surface area contributed by atoms with Gasteiger partial charge in [-0.1, -0.05) is 13.8 Å². The van der Waals surface area contributed by atoms with Crippen molar-refractivity contribution < 1.29 is 9.84 Å². The molecule has 0 radical (unpaired) electrons. The molecule has 82 valence electrons. The second kappa shape index (κ2) is 5.20. The first-order chi connectivity index (χ1) is 6.74. The number of hydrogen-bond acceptors (Lipinski definition) is 3. The van der Waals surface area contributed by atoms with Gasteiger partial charge in [0.2, 0.25) is 0 Å². The van der Waals surface area contributed by atoms with Gasteiger partial charge in [-0.15, -0.1) is 0 Å². The molecule has 2 unspecified atom stereocenters. The van der Waals surface area contributed by atoms with E-state index in [1.54, 1.807) is 7.05 Å². The second-order valence-electron chi connectivity index (χ2n) is 3.58. The molecule has 1 rings (SSSR count). The van der Waals surface area contributed by atoms with Crippen molar-refractivity contribution in [3.8, 4) is 0 Å². The SMILES string of the molecule is CCC1COCC(CC)N1C([O-])=NC. The van der Waals surface area contributed by atoms with E-state index in [4.69, 9.17) is 4.74 Å². The number of amidine groups is 1. The van der Waals surface area contributed by atoms with Gasteiger partial charge in [-0.05, 0) is 12.8 Å². The van der Waals surface area contributed by atoms with Crippen LogP contribution in [0.3, 0.4) is 0 Å². The molecule has 1 aliphatic rings. The Labute approximate surface area is 85.6 Å². The highest BCUT2D eigenvalue weighted by atomic mass is 16.5. The number of ether oxygens (including phenoxy) is 1. The minimum atomic E-state index is -0.105. The first-order valence-electron chi connectivity index (χ1n) is 5.24. The van der Waals surface area contributed by atoms with Crippen LogP contribution in [-0.2, 0) is 4.74 Å². The van der Waals surface area contributed by atoms with Gasteiger partial charge >= 0.3 is 0 Å². The fourth-order valence-corrected chi connectivity index (χ4v) is 1.86. The van der Waals surface area contributed by atoms with Crippen LogP contribution in [0.5, 0.6) is 0 Å². The summed E-state index contributed by atoms with van der Waals surface area (Å²) in [7, 11) is 1.55. The Morgan fingerprint density at radius 2 is 1.86 bits per heavy atom. The Hall–Kier alpha value is -0.770. The first kappa shape index (κ1) is 11.3. The maximum atomic E-state index is 11.6. The van der Waals surface area contributed by atoms with Crippen LogP contribution in [0.2, 0.25) is 0 Å². The summed E-state index contributed by atoms with van der Waals surface area (Å²) >= 11 is 0. The van der Waals surface area contributed by atoms with Gasteiger partial charge in [-0.25, -0.2) is 0 Å². The number of aliphatic imine (C=N–C) groups is 1. The molecular formula is C10H19N2O2-. The molecule has 1 aliphatic heterocycles. The molecule has 1 saturated heterocycles. The molecule has 0 spiro atoms. The summed E-state index contributed by atoms with van der Waals surface area (Å²) in [5.41, 5.74) is 0. The van der Waals surface area contributed by atoms with Gasteiger partial charge in [0, 0.05) is 7.05 Å². The van der Waals surface area contributed by atoms with E-state index in [9.17, 15) is 5.11 Å². The maximum Gasteiger partial charge on any atom is 0.0671 e. The molecule has 0 aromatic carbocycles. The lowest BCUT2D eigenvalue weighted by atomic mass is 10.1. The van der Waals surface area contributed by atoms with Gasteiger partial charge in [-0.2, -0.15) is 0 Å². The lowest BCUT2D eigenvalue weighted by Gasteiger charge is -2.45. The standard InChI is InChI=1S/C10H20N2O2/c1-4-8-6-14-7-9(5-2)12(8)10(13)11-3/h8-9H,4-7H2,1-3H3,(H,11,13)/p-1. The summed E-state index contributed by atoms with van der Waals surface area (Å²) in [6.07, 6.45) is 1.86. The minimum absolute atomic E-state index is 0.105. The van der Waals surface area contributed by atoms with E-state index in [0.717, 1.165) is 12.8 Å². The maximum absolute atomic E-state index is 11.6. The molecule has 4 heteroatoms. The highest BCUT2D eigenvalue weighted by Gasteiger charge is 2.28. The van der Waals surface area contributed by atoms with E-state index in [2.05, 4.69) is 18.8 Å². The molecule has 2 atom stereocenters. The van der Waals surface area contributed by atoms with Crippen molar-refractivity contribution in [3.05, 3.63) is 0 Å². The van der Waals surface area contributed by atoms with Crippen molar-refractivity contribution in [2.45, 2.75) is 38.8 Å². The fourth-order valence-electron chi connectivity index (χ4n) is 1.86. The normalized spacial score (nSPS) is 29.4. The van der Waals surface area contributed by atoms with E-state index >= 15 is 0 Å². The predicted molar refractivity (Wildman–Crippen MR) is 54.2 cm³/mol. The van der Waals surface area contributed by atoms with Crippen LogP contribution in [0, 0.1) is 0 Å². The van der Waals surface area contributed by atoms with Crippen LogP contribution >= 0.6 is 0 Å². The predicted octanol–water partition coefficient (Wildman–Crippen LogP) is 0.222. The van der Waals surface area contributed by atoms with E-state index in [0.29, 0.717) is 13.2 Å². The molecule has 1 heterocycles. The number of hydrogen-bond donors (Lipinski definition) is 0. The Balaban J connectivity index is 2.77. The third-order valence-electron chi connectivity index (χ3n) is 2.76. The Kier molecular flexibility index (Phi) is 4.20. The Morgan fingerprint density at radius 1 is 1.36 bits per heavy atom. The third-order valence-corrected chi connectivity index (χ3v) is 2.76. The molecule has 4 nitrogen and oxygen atoms in total. The lowest BCUT2D eigenvalue weighted by molar-refractivity contribution is -0.246. The fraction of sp³-hybridized carbons (Fsp3) is 0.900. The van der Waals surface area contributed by atoms with Crippen LogP contribution in [0.4, 0.5) is 0 Å². The van der Waals surface area contributed by atoms with Gasteiger partial charge in [-0.3, -0.25) is 4.99 Å². The third kappa shape index (κ3) is 2.18. The van der Waals surface area contributed by atoms with E-state index in [1.807, 2.05) is 4.90 Å². The van der Waals surface area contributed by atoms with Gasteiger partial charge in [0.1, 0.15) is 0 Å². The molecule has 14 heavy (non-hydrogen) atoms. The van der Waals surface area contributed by atoms with Crippen molar-refractivity contribution >= 4 is 6.02 Å². The molecule has 0 bridgehead atoms. The first-order valence-corrected chi connectivity index (χ1v) is 5.24. The van der Waals surface area contributed by atoms with Gasteiger partial charge < -0.3 is 14.7 Å². The molecule has 0 aromatic rings. The summed E-state index contributed by atoms with van der Waals surface area (Å²) in [5.74, 6) is 0. The van der Waals surface area contributed by atoms with Crippen molar-refractivity contribution in [1.29, 1.82) is 0 Å². The monoisotopic (exact) mass is 199 g/mol. The molecule has 0 saturated carbocycles. The van der Waals surface area contributed by atoms with Gasteiger partial charge in [0.25, 0.3) is 0 Å². The summed E-state index contributed by atoms with van der Waals surface area (Å²) in [6, 6.07) is 0.293.